The first-order chi connectivity index (χ1) is 9.90. The number of thiophene rings is 1. The van der Waals surface area contributed by atoms with E-state index in [-0.39, 0.29) is 0 Å². The van der Waals surface area contributed by atoms with E-state index < -0.39 is 0 Å². The summed E-state index contributed by atoms with van der Waals surface area (Å²) >= 11 is 1.73. The highest BCUT2D eigenvalue weighted by molar-refractivity contribution is 7.07. The second-order valence-corrected chi connectivity index (χ2v) is 5.57. The highest BCUT2D eigenvalue weighted by Gasteiger charge is 2.06. The van der Waals surface area contributed by atoms with Crippen molar-refractivity contribution in [2.45, 2.75) is 6.54 Å². The zero-order chi connectivity index (χ0) is 13.4. The molecular weight excluding hydrogens is 266 g/mol. The molecule has 0 spiro atoms. The number of para-hydroxylation sites is 1. The highest BCUT2D eigenvalue weighted by atomic mass is 32.1. The lowest BCUT2D eigenvalue weighted by atomic mass is 10.1. The summed E-state index contributed by atoms with van der Waals surface area (Å²) in [6.07, 6.45) is 0. The van der Waals surface area contributed by atoms with Crippen molar-refractivity contribution in [2.24, 2.45) is 0 Å². The maximum absolute atomic E-state index is 5.83. The molecule has 2 aromatic heterocycles. The second kappa shape index (κ2) is 4.69. The van der Waals surface area contributed by atoms with E-state index >= 15 is 0 Å². The van der Waals surface area contributed by atoms with Gasteiger partial charge in [-0.05, 0) is 46.7 Å². The molecular formula is C17H13NOS. The number of hydrogen-bond acceptors (Lipinski definition) is 3. The molecule has 0 radical (unpaired) electrons. The fourth-order valence-corrected chi connectivity index (χ4v) is 3.10. The molecule has 2 nitrogen and oxygen atoms in total. The van der Waals surface area contributed by atoms with Crippen LogP contribution in [-0.2, 0) is 6.54 Å². The number of furan rings is 1. The molecule has 0 saturated carbocycles. The van der Waals surface area contributed by atoms with Crippen molar-refractivity contribution in [2.75, 3.05) is 5.32 Å². The van der Waals surface area contributed by atoms with Crippen LogP contribution in [0.4, 0.5) is 5.69 Å². The summed E-state index contributed by atoms with van der Waals surface area (Å²) in [7, 11) is 0. The number of rotatable bonds is 3. The summed E-state index contributed by atoms with van der Waals surface area (Å²) in [5.41, 5.74) is 4.31. The van der Waals surface area contributed by atoms with Gasteiger partial charge < -0.3 is 9.73 Å². The fraction of sp³-hybridized carbons (Fsp3) is 0.0588. The molecule has 4 aromatic rings. The van der Waals surface area contributed by atoms with Crippen molar-refractivity contribution in [3.05, 3.63) is 64.9 Å². The Morgan fingerprint density at radius 2 is 1.85 bits per heavy atom. The predicted molar refractivity (Wildman–Crippen MR) is 85.4 cm³/mol. The number of fused-ring (bicyclic) bond motifs is 3. The van der Waals surface area contributed by atoms with Crippen molar-refractivity contribution < 1.29 is 4.42 Å². The van der Waals surface area contributed by atoms with Crippen LogP contribution in [0.2, 0.25) is 0 Å². The Morgan fingerprint density at radius 3 is 2.75 bits per heavy atom. The van der Waals surface area contributed by atoms with Crippen LogP contribution in [0.1, 0.15) is 5.56 Å². The molecule has 0 saturated heterocycles. The van der Waals surface area contributed by atoms with Crippen LogP contribution < -0.4 is 5.32 Å². The molecule has 0 unspecified atom stereocenters. The van der Waals surface area contributed by atoms with Crippen molar-refractivity contribution in [3.63, 3.8) is 0 Å². The molecule has 0 fully saturated rings. The highest BCUT2D eigenvalue weighted by Crippen LogP contribution is 2.30. The average molecular weight is 279 g/mol. The molecule has 2 heterocycles. The Labute approximate surface area is 120 Å². The van der Waals surface area contributed by atoms with Gasteiger partial charge in [0.2, 0.25) is 0 Å². The third-order valence-corrected chi connectivity index (χ3v) is 4.19. The Morgan fingerprint density at radius 1 is 0.950 bits per heavy atom. The lowest BCUT2D eigenvalue weighted by Crippen LogP contribution is -1.97. The van der Waals surface area contributed by atoms with Crippen molar-refractivity contribution in [1.82, 2.24) is 0 Å². The number of hydrogen-bond donors (Lipinski definition) is 1. The number of benzene rings is 2. The normalized spacial score (nSPS) is 11.2. The molecule has 0 bridgehead atoms. The number of anilines is 1. The Balaban J connectivity index is 1.72. The molecule has 0 amide bonds. The summed E-state index contributed by atoms with van der Waals surface area (Å²) in [4.78, 5) is 0. The smallest absolute Gasteiger partial charge is 0.135 e. The van der Waals surface area contributed by atoms with Gasteiger partial charge in [-0.1, -0.05) is 18.2 Å². The lowest BCUT2D eigenvalue weighted by molar-refractivity contribution is 0.669. The SMILES string of the molecule is c1ccc2c(c1)oc1ccc(NCc3ccsc3)cc12. The molecule has 2 aromatic carbocycles. The first-order valence-electron chi connectivity index (χ1n) is 6.56. The lowest BCUT2D eigenvalue weighted by Gasteiger charge is -2.04. The molecule has 0 aliphatic carbocycles. The fourth-order valence-electron chi connectivity index (χ4n) is 2.43. The second-order valence-electron chi connectivity index (χ2n) is 4.79. The van der Waals surface area contributed by atoms with Crippen molar-refractivity contribution in [3.8, 4) is 0 Å². The van der Waals surface area contributed by atoms with E-state index in [1.807, 2.05) is 24.3 Å². The standard InChI is InChI=1S/C17H13NOS/c1-2-4-16-14(3-1)15-9-13(5-6-17(15)19-16)18-10-12-7-8-20-11-12/h1-9,11,18H,10H2. The van der Waals surface area contributed by atoms with E-state index in [1.54, 1.807) is 11.3 Å². The van der Waals surface area contributed by atoms with Gasteiger partial charge in [-0.2, -0.15) is 11.3 Å². The van der Waals surface area contributed by atoms with Crippen LogP contribution in [-0.4, -0.2) is 0 Å². The van der Waals surface area contributed by atoms with E-state index in [0.29, 0.717) is 0 Å². The van der Waals surface area contributed by atoms with Crippen molar-refractivity contribution >= 4 is 39.0 Å². The summed E-state index contributed by atoms with van der Waals surface area (Å²) < 4.78 is 5.83. The molecule has 20 heavy (non-hydrogen) atoms. The molecule has 3 heteroatoms. The van der Waals surface area contributed by atoms with E-state index in [4.69, 9.17) is 4.42 Å². The minimum Gasteiger partial charge on any atom is -0.456 e. The Hall–Kier alpha value is -2.26. The van der Waals surface area contributed by atoms with Gasteiger partial charge in [0.1, 0.15) is 11.2 Å². The first-order valence-corrected chi connectivity index (χ1v) is 7.51. The minimum atomic E-state index is 0.852. The van der Waals surface area contributed by atoms with Gasteiger partial charge in [-0.25, -0.2) is 0 Å². The van der Waals surface area contributed by atoms with E-state index in [2.05, 4.69) is 40.3 Å². The van der Waals surface area contributed by atoms with Gasteiger partial charge in [0.25, 0.3) is 0 Å². The van der Waals surface area contributed by atoms with Gasteiger partial charge in [0.15, 0.2) is 0 Å². The van der Waals surface area contributed by atoms with E-state index in [0.717, 1.165) is 28.8 Å². The van der Waals surface area contributed by atoms with Crippen LogP contribution >= 0.6 is 11.3 Å². The monoisotopic (exact) mass is 279 g/mol. The van der Waals surface area contributed by atoms with E-state index in [9.17, 15) is 0 Å². The van der Waals surface area contributed by atoms with Crippen LogP contribution in [0.15, 0.2) is 63.7 Å². The van der Waals surface area contributed by atoms with Crippen molar-refractivity contribution in [1.29, 1.82) is 0 Å². The summed E-state index contributed by atoms with van der Waals surface area (Å²) in [6, 6.07) is 16.6. The van der Waals surface area contributed by atoms with Crippen LogP contribution in [0, 0.1) is 0 Å². The topological polar surface area (TPSA) is 25.2 Å². The minimum absolute atomic E-state index is 0.852. The number of nitrogens with one attached hydrogen (secondary N) is 1. The van der Waals surface area contributed by atoms with Crippen LogP contribution in [0.5, 0.6) is 0 Å². The zero-order valence-electron chi connectivity index (χ0n) is 10.8. The van der Waals surface area contributed by atoms with Crippen LogP contribution in [0.3, 0.4) is 0 Å². The Kier molecular flexibility index (Phi) is 2.71. The molecule has 0 aliphatic rings. The average Bonchev–Trinajstić information content (AvgIpc) is 3.12. The first kappa shape index (κ1) is 11.6. The van der Waals surface area contributed by atoms with Gasteiger partial charge in [0.05, 0.1) is 0 Å². The molecule has 4 rings (SSSR count). The third-order valence-electron chi connectivity index (χ3n) is 3.45. The third kappa shape index (κ3) is 1.96. The summed E-state index contributed by atoms with van der Waals surface area (Å²) in [5.74, 6) is 0. The summed E-state index contributed by atoms with van der Waals surface area (Å²) in [6.45, 7) is 0.852. The maximum Gasteiger partial charge on any atom is 0.135 e. The van der Waals surface area contributed by atoms with Gasteiger partial charge in [-0.3, -0.25) is 0 Å². The maximum atomic E-state index is 5.83. The van der Waals surface area contributed by atoms with Gasteiger partial charge in [0, 0.05) is 23.0 Å². The Bertz CT molecular complexity index is 861. The molecule has 0 atom stereocenters. The van der Waals surface area contributed by atoms with Gasteiger partial charge >= 0.3 is 0 Å². The molecule has 1 N–H and O–H groups in total. The van der Waals surface area contributed by atoms with Crippen LogP contribution in [0.25, 0.3) is 21.9 Å². The van der Waals surface area contributed by atoms with Gasteiger partial charge in [-0.15, -0.1) is 0 Å². The largest absolute Gasteiger partial charge is 0.456 e. The molecule has 98 valence electrons. The quantitative estimate of drug-likeness (QED) is 0.553. The van der Waals surface area contributed by atoms with E-state index in [1.165, 1.54) is 10.9 Å². The zero-order valence-corrected chi connectivity index (χ0v) is 11.6. The molecule has 0 aliphatic heterocycles. The predicted octanol–water partition coefficient (Wildman–Crippen LogP) is 5.26. The summed E-state index contributed by atoms with van der Waals surface area (Å²) in [5, 5.41) is 10.1.